The molecule has 1 aliphatic rings. The van der Waals surface area contributed by atoms with Gasteiger partial charge in [-0.15, -0.1) is 0 Å². The molecule has 0 saturated carbocycles. The molecule has 0 aromatic carbocycles. The summed E-state index contributed by atoms with van der Waals surface area (Å²) in [7, 11) is 0. The minimum Gasteiger partial charge on any atom is -0.384 e. The number of nitrogens with one attached hydrogen (secondary N) is 1. The van der Waals surface area contributed by atoms with Gasteiger partial charge in [0, 0.05) is 6.04 Å². The van der Waals surface area contributed by atoms with Gasteiger partial charge in [-0.3, -0.25) is 0 Å². The number of hydrogen-bond acceptors (Lipinski definition) is 2. The van der Waals surface area contributed by atoms with E-state index >= 15 is 0 Å². The summed E-state index contributed by atoms with van der Waals surface area (Å²) in [4.78, 5) is 0. The van der Waals surface area contributed by atoms with Crippen LogP contribution in [0.4, 0.5) is 13.2 Å². The van der Waals surface area contributed by atoms with Crippen LogP contribution in [0, 0.1) is 0 Å². The quantitative estimate of drug-likeness (QED) is 0.743. The zero-order chi connectivity index (χ0) is 10.6. The van der Waals surface area contributed by atoms with Crippen molar-refractivity contribution < 1.29 is 18.3 Å². The average molecular weight is 211 g/mol. The van der Waals surface area contributed by atoms with E-state index in [-0.39, 0.29) is 6.42 Å². The standard InChI is InChI=1S/C9H16F3NO/c10-9(11,12)8(14)5-1-3-7-4-2-6-13-7/h7-8,13-14H,1-6H2. The van der Waals surface area contributed by atoms with Crippen molar-refractivity contribution in [3.05, 3.63) is 0 Å². The monoisotopic (exact) mass is 211 g/mol. The van der Waals surface area contributed by atoms with Crippen LogP contribution >= 0.6 is 0 Å². The molecule has 14 heavy (non-hydrogen) atoms. The van der Waals surface area contributed by atoms with Gasteiger partial charge in [-0.05, 0) is 38.6 Å². The predicted octanol–water partition coefficient (Wildman–Crippen LogP) is 1.83. The van der Waals surface area contributed by atoms with Crippen LogP contribution < -0.4 is 5.32 Å². The highest BCUT2D eigenvalue weighted by atomic mass is 19.4. The molecule has 2 N–H and O–H groups in total. The highest BCUT2D eigenvalue weighted by molar-refractivity contribution is 4.75. The number of hydrogen-bond donors (Lipinski definition) is 2. The van der Waals surface area contributed by atoms with Crippen molar-refractivity contribution in [1.82, 2.24) is 5.32 Å². The van der Waals surface area contributed by atoms with Crippen LogP contribution in [0.5, 0.6) is 0 Å². The Labute approximate surface area is 81.5 Å². The van der Waals surface area contributed by atoms with E-state index in [0.29, 0.717) is 12.5 Å². The summed E-state index contributed by atoms with van der Waals surface area (Å²) in [5, 5.41) is 11.9. The van der Waals surface area contributed by atoms with Crippen LogP contribution in [-0.2, 0) is 0 Å². The fourth-order valence-corrected chi connectivity index (χ4v) is 1.72. The molecule has 1 aliphatic heterocycles. The molecule has 2 nitrogen and oxygen atoms in total. The Morgan fingerprint density at radius 1 is 1.43 bits per heavy atom. The summed E-state index contributed by atoms with van der Waals surface area (Å²) in [5.74, 6) is 0. The number of aliphatic hydroxyl groups excluding tert-OH is 1. The molecular weight excluding hydrogens is 195 g/mol. The minimum atomic E-state index is -4.46. The Morgan fingerprint density at radius 3 is 2.64 bits per heavy atom. The Morgan fingerprint density at radius 2 is 2.14 bits per heavy atom. The fourth-order valence-electron chi connectivity index (χ4n) is 1.72. The zero-order valence-corrected chi connectivity index (χ0v) is 7.98. The van der Waals surface area contributed by atoms with E-state index in [1.165, 1.54) is 0 Å². The fraction of sp³-hybridized carbons (Fsp3) is 1.00. The molecule has 0 amide bonds. The van der Waals surface area contributed by atoms with Gasteiger partial charge < -0.3 is 10.4 Å². The third-order valence-corrected chi connectivity index (χ3v) is 2.57. The van der Waals surface area contributed by atoms with Gasteiger partial charge in [-0.1, -0.05) is 0 Å². The first-order valence-corrected chi connectivity index (χ1v) is 4.98. The molecule has 0 spiro atoms. The van der Waals surface area contributed by atoms with Crippen molar-refractivity contribution in [3.8, 4) is 0 Å². The second-order valence-corrected chi connectivity index (χ2v) is 3.78. The first-order valence-electron chi connectivity index (χ1n) is 4.98. The third-order valence-electron chi connectivity index (χ3n) is 2.57. The lowest BCUT2D eigenvalue weighted by Crippen LogP contribution is -2.29. The average Bonchev–Trinajstić information content (AvgIpc) is 2.55. The molecule has 0 aliphatic carbocycles. The van der Waals surface area contributed by atoms with Crippen molar-refractivity contribution in [1.29, 1.82) is 0 Å². The van der Waals surface area contributed by atoms with Crippen molar-refractivity contribution in [3.63, 3.8) is 0 Å². The van der Waals surface area contributed by atoms with Crippen molar-refractivity contribution in [2.75, 3.05) is 6.54 Å². The molecule has 0 radical (unpaired) electrons. The lowest BCUT2D eigenvalue weighted by Gasteiger charge is -2.15. The Kier molecular flexibility index (Phi) is 4.19. The van der Waals surface area contributed by atoms with Gasteiger partial charge in [0.2, 0.25) is 0 Å². The van der Waals surface area contributed by atoms with Gasteiger partial charge in [0.1, 0.15) is 6.10 Å². The maximum atomic E-state index is 11.9. The number of aliphatic hydroxyl groups is 1. The van der Waals surface area contributed by atoms with E-state index in [2.05, 4.69) is 5.32 Å². The van der Waals surface area contributed by atoms with E-state index in [4.69, 9.17) is 5.11 Å². The Hall–Kier alpha value is -0.290. The third kappa shape index (κ3) is 3.84. The van der Waals surface area contributed by atoms with Gasteiger partial charge >= 0.3 is 6.18 Å². The Balaban J connectivity index is 2.08. The summed E-state index contributed by atoms with van der Waals surface area (Å²) < 4.78 is 35.7. The van der Waals surface area contributed by atoms with Gasteiger partial charge in [0.25, 0.3) is 0 Å². The number of halogens is 3. The van der Waals surface area contributed by atoms with E-state index < -0.39 is 12.3 Å². The van der Waals surface area contributed by atoms with Crippen LogP contribution in [0.1, 0.15) is 32.1 Å². The number of rotatable bonds is 4. The van der Waals surface area contributed by atoms with Crippen LogP contribution in [0.2, 0.25) is 0 Å². The van der Waals surface area contributed by atoms with Crippen LogP contribution in [0.15, 0.2) is 0 Å². The maximum Gasteiger partial charge on any atom is 0.414 e. The summed E-state index contributed by atoms with van der Waals surface area (Å²) in [6, 6.07) is 0.357. The molecule has 2 unspecified atom stereocenters. The van der Waals surface area contributed by atoms with Crippen molar-refractivity contribution in [2.45, 2.75) is 50.4 Å². The molecule has 84 valence electrons. The van der Waals surface area contributed by atoms with Crippen molar-refractivity contribution in [2.24, 2.45) is 0 Å². The van der Waals surface area contributed by atoms with E-state index in [0.717, 1.165) is 25.8 Å². The summed E-state index contributed by atoms with van der Waals surface area (Å²) in [5.41, 5.74) is 0. The minimum absolute atomic E-state index is 0.179. The Bertz CT molecular complexity index is 166. The van der Waals surface area contributed by atoms with Crippen molar-refractivity contribution >= 4 is 0 Å². The highest BCUT2D eigenvalue weighted by Crippen LogP contribution is 2.24. The van der Waals surface area contributed by atoms with Gasteiger partial charge in [0.15, 0.2) is 0 Å². The molecule has 1 saturated heterocycles. The molecule has 1 heterocycles. The second-order valence-electron chi connectivity index (χ2n) is 3.78. The van der Waals surface area contributed by atoms with Crippen LogP contribution in [-0.4, -0.2) is 30.0 Å². The van der Waals surface area contributed by atoms with Gasteiger partial charge in [-0.25, -0.2) is 0 Å². The van der Waals surface area contributed by atoms with Crippen LogP contribution in [0.3, 0.4) is 0 Å². The maximum absolute atomic E-state index is 11.9. The highest BCUT2D eigenvalue weighted by Gasteiger charge is 2.37. The number of alkyl halides is 3. The molecule has 5 heteroatoms. The topological polar surface area (TPSA) is 32.3 Å². The first-order chi connectivity index (χ1) is 6.50. The smallest absolute Gasteiger partial charge is 0.384 e. The summed E-state index contributed by atoms with van der Waals surface area (Å²) in [6.07, 6.45) is -3.48. The molecule has 0 aromatic heterocycles. The molecule has 0 bridgehead atoms. The molecule has 2 atom stereocenters. The molecule has 0 aromatic rings. The van der Waals surface area contributed by atoms with E-state index in [1.807, 2.05) is 0 Å². The zero-order valence-electron chi connectivity index (χ0n) is 7.98. The summed E-state index contributed by atoms with van der Waals surface area (Å²) >= 11 is 0. The van der Waals surface area contributed by atoms with Gasteiger partial charge in [0.05, 0.1) is 0 Å². The van der Waals surface area contributed by atoms with E-state index in [9.17, 15) is 13.2 Å². The molecule has 1 fully saturated rings. The van der Waals surface area contributed by atoms with E-state index in [1.54, 1.807) is 0 Å². The predicted molar refractivity (Wildman–Crippen MR) is 46.9 cm³/mol. The second kappa shape index (κ2) is 4.98. The summed E-state index contributed by atoms with van der Waals surface area (Å²) in [6.45, 7) is 0.965. The lowest BCUT2D eigenvalue weighted by atomic mass is 10.1. The normalized spacial score (nSPS) is 25.3. The largest absolute Gasteiger partial charge is 0.414 e. The first kappa shape index (κ1) is 11.8. The lowest BCUT2D eigenvalue weighted by molar-refractivity contribution is -0.205. The molecular formula is C9H16F3NO. The van der Waals surface area contributed by atoms with Crippen LogP contribution in [0.25, 0.3) is 0 Å². The SMILES string of the molecule is OC(CCCC1CCCN1)C(F)(F)F. The van der Waals surface area contributed by atoms with Gasteiger partial charge in [-0.2, -0.15) is 13.2 Å². The molecule has 1 rings (SSSR count).